The first kappa shape index (κ1) is 8.91. The number of carbonyl (C=O) groups excluding carboxylic acids is 1. The predicted octanol–water partition coefficient (Wildman–Crippen LogP) is 1.12. The quantitative estimate of drug-likeness (QED) is 0.597. The van der Waals surface area contributed by atoms with Crippen molar-refractivity contribution in [1.29, 1.82) is 0 Å². The van der Waals surface area contributed by atoms with E-state index in [-0.39, 0.29) is 11.7 Å². The van der Waals surface area contributed by atoms with Crippen LogP contribution in [-0.4, -0.2) is 20.5 Å². The van der Waals surface area contributed by atoms with Gasteiger partial charge in [-0.1, -0.05) is 13.8 Å². The number of hydrogen-bond donors (Lipinski definition) is 0. The molecule has 2 atom stereocenters. The summed E-state index contributed by atoms with van der Waals surface area (Å²) in [5, 5.41) is 0. The summed E-state index contributed by atoms with van der Waals surface area (Å²) in [6.07, 6.45) is 0.501. The van der Waals surface area contributed by atoms with Crippen LogP contribution < -0.4 is 0 Å². The van der Waals surface area contributed by atoms with Crippen molar-refractivity contribution in [2.75, 3.05) is 5.75 Å². The van der Waals surface area contributed by atoms with E-state index in [4.69, 9.17) is 0 Å². The van der Waals surface area contributed by atoms with E-state index >= 15 is 0 Å². The summed E-state index contributed by atoms with van der Waals surface area (Å²) in [5.41, 5.74) is 0. The Bertz CT molecular complexity index is 192. The Morgan fingerprint density at radius 3 is 2.27 bits per heavy atom. The second-order valence-electron chi connectivity index (χ2n) is 3.48. The first-order chi connectivity index (χ1) is 4.99. The zero-order valence-electron chi connectivity index (χ0n) is 7.22. The first-order valence-corrected chi connectivity index (χ1v) is 5.23. The zero-order chi connectivity index (χ0) is 8.65. The van der Waals surface area contributed by atoms with Crippen molar-refractivity contribution in [3.05, 3.63) is 0 Å². The van der Waals surface area contributed by atoms with E-state index in [1.807, 2.05) is 20.8 Å². The molecule has 0 bridgehead atoms. The lowest BCUT2D eigenvalue weighted by Gasteiger charge is -2.24. The number of rotatable bonds is 1. The smallest absolute Gasteiger partial charge is 0.152 e. The van der Waals surface area contributed by atoms with E-state index in [9.17, 15) is 9.00 Å². The summed E-state index contributed by atoms with van der Waals surface area (Å²) in [6.45, 7) is 5.74. The fourth-order valence-corrected chi connectivity index (χ4v) is 3.03. The van der Waals surface area contributed by atoms with E-state index in [2.05, 4.69) is 0 Å². The summed E-state index contributed by atoms with van der Waals surface area (Å²) in [7, 11) is -0.936. The molecule has 11 heavy (non-hydrogen) atoms. The molecule has 0 saturated carbocycles. The van der Waals surface area contributed by atoms with Gasteiger partial charge in [-0.05, 0) is 12.8 Å². The molecule has 0 aromatic carbocycles. The van der Waals surface area contributed by atoms with Gasteiger partial charge in [-0.2, -0.15) is 0 Å². The van der Waals surface area contributed by atoms with Gasteiger partial charge in [0.15, 0.2) is 5.78 Å². The Balaban J connectivity index is 2.98. The third-order valence-electron chi connectivity index (χ3n) is 2.64. The molecule has 0 N–H and O–H groups in total. The lowest BCUT2D eigenvalue weighted by atomic mass is 9.92. The largest absolute Gasteiger partial charge is 0.298 e. The predicted molar refractivity (Wildman–Crippen MR) is 45.9 cm³/mol. The summed E-state index contributed by atoms with van der Waals surface area (Å²) < 4.78 is 10.9. The molecular weight excluding hydrogens is 160 g/mol. The molecule has 1 saturated heterocycles. The molecule has 1 aliphatic heterocycles. The maximum absolute atomic E-state index is 11.4. The number of Topliss-reactive ketones (excluding diaryl/α,β-unsaturated/α-hetero) is 1. The van der Waals surface area contributed by atoms with E-state index < -0.39 is 15.5 Å². The van der Waals surface area contributed by atoms with Crippen LogP contribution in [0.4, 0.5) is 0 Å². The second-order valence-corrected chi connectivity index (χ2v) is 5.43. The topological polar surface area (TPSA) is 34.1 Å². The highest BCUT2D eigenvalue weighted by atomic mass is 32.2. The molecule has 1 heterocycles. The zero-order valence-corrected chi connectivity index (χ0v) is 8.03. The summed E-state index contributed by atoms with van der Waals surface area (Å²) in [6, 6.07) is 0. The molecule has 0 aromatic heterocycles. The van der Waals surface area contributed by atoms with Crippen LogP contribution in [0, 0.1) is 5.92 Å². The fraction of sp³-hybridized carbons (Fsp3) is 0.875. The maximum Gasteiger partial charge on any atom is 0.152 e. The molecular formula is C8H14O2S. The highest BCUT2D eigenvalue weighted by molar-refractivity contribution is 7.87. The molecule has 1 rings (SSSR count). The summed E-state index contributed by atoms with van der Waals surface area (Å²) >= 11 is 0. The minimum Gasteiger partial charge on any atom is -0.298 e. The molecule has 0 radical (unpaired) electrons. The third kappa shape index (κ3) is 1.15. The summed E-state index contributed by atoms with van der Waals surface area (Å²) in [4.78, 5) is 11.4. The van der Waals surface area contributed by atoms with Gasteiger partial charge in [0, 0.05) is 23.0 Å². The maximum atomic E-state index is 11.4. The molecule has 3 heteroatoms. The Kier molecular flexibility index (Phi) is 2.19. The fourth-order valence-electron chi connectivity index (χ4n) is 1.36. The first-order valence-electron chi connectivity index (χ1n) is 3.91. The number of carbonyl (C=O) groups is 1. The molecule has 64 valence electrons. The Morgan fingerprint density at radius 2 is 2.09 bits per heavy atom. The van der Waals surface area contributed by atoms with Crippen molar-refractivity contribution < 1.29 is 9.00 Å². The van der Waals surface area contributed by atoms with E-state index in [0.29, 0.717) is 12.2 Å². The van der Waals surface area contributed by atoms with Gasteiger partial charge in [0.2, 0.25) is 0 Å². The van der Waals surface area contributed by atoms with Gasteiger partial charge in [-0.15, -0.1) is 0 Å². The highest BCUT2D eigenvalue weighted by Crippen LogP contribution is 2.32. The molecule has 2 unspecified atom stereocenters. The standard InChI is InChI=1S/C8H14O2S/c1-6(2)8(3)7(9)4-5-11(8)10/h6H,4-5H2,1-3H3. The van der Waals surface area contributed by atoms with Crippen molar-refractivity contribution in [3.8, 4) is 0 Å². The normalized spacial score (nSPS) is 38.5. The second kappa shape index (κ2) is 2.70. The molecule has 0 spiro atoms. The lowest BCUT2D eigenvalue weighted by Crippen LogP contribution is -2.39. The average Bonchev–Trinajstić information content (AvgIpc) is 2.18. The monoisotopic (exact) mass is 174 g/mol. The van der Waals surface area contributed by atoms with Gasteiger partial charge in [0.05, 0.1) is 0 Å². The molecule has 1 aliphatic rings. The van der Waals surface area contributed by atoms with Crippen LogP contribution in [0.3, 0.4) is 0 Å². The van der Waals surface area contributed by atoms with Crippen molar-refractivity contribution in [3.63, 3.8) is 0 Å². The van der Waals surface area contributed by atoms with Crippen LogP contribution in [0.15, 0.2) is 0 Å². The lowest BCUT2D eigenvalue weighted by molar-refractivity contribution is -0.120. The van der Waals surface area contributed by atoms with Crippen molar-refractivity contribution in [2.24, 2.45) is 5.92 Å². The minimum absolute atomic E-state index is 0.172. The van der Waals surface area contributed by atoms with E-state index in [1.165, 1.54) is 0 Å². The van der Waals surface area contributed by atoms with Crippen LogP contribution >= 0.6 is 0 Å². The average molecular weight is 174 g/mol. The molecule has 2 nitrogen and oxygen atoms in total. The Hall–Kier alpha value is -0.180. The van der Waals surface area contributed by atoms with Crippen LogP contribution in [0.25, 0.3) is 0 Å². The van der Waals surface area contributed by atoms with Gasteiger partial charge >= 0.3 is 0 Å². The SMILES string of the molecule is CC(C)C1(C)C(=O)CCS1=O. The van der Waals surface area contributed by atoms with Crippen LogP contribution in [0.2, 0.25) is 0 Å². The highest BCUT2D eigenvalue weighted by Gasteiger charge is 2.46. The number of hydrogen-bond acceptors (Lipinski definition) is 2. The number of ketones is 1. The third-order valence-corrected chi connectivity index (χ3v) is 4.86. The van der Waals surface area contributed by atoms with Crippen molar-refractivity contribution >= 4 is 16.6 Å². The van der Waals surface area contributed by atoms with Crippen molar-refractivity contribution in [2.45, 2.75) is 31.9 Å². The van der Waals surface area contributed by atoms with Gasteiger partial charge in [0.1, 0.15) is 4.75 Å². The van der Waals surface area contributed by atoms with Crippen LogP contribution in [0.5, 0.6) is 0 Å². The van der Waals surface area contributed by atoms with Gasteiger partial charge < -0.3 is 0 Å². The summed E-state index contributed by atoms with van der Waals surface area (Å²) in [5.74, 6) is 0.928. The van der Waals surface area contributed by atoms with Crippen molar-refractivity contribution in [1.82, 2.24) is 0 Å². The van der Waals surface area contributed by atoms with Gasteiger partial charge in [0.25, 0.3) is 0 Å². The Labute approximate surface area is 69.8 Å². The van der Waals surface area contributed by atoms with Gasteiger partial charge in [-0.3, -0.25) is 9.00 Å². The minimum atomic E-state index is -0.936. The van der Waals surface area contributed by atoms with Gasteiger partial charge in [-0.25, -0.2) is 0 Å². The van der Waals surface area contributed by atoms with E-state index in [0.717, 1.165) is 0 Å². The Morgan fingerprint density at radius 1 is 1.55 bits per heavy atom. The molecule has 0 aromatic rings. The van der Waals surface area contributed by atoms with E-state index in [1.54, 1.807) is 0 Å². The molecule has 0 aliphatic carbocycles. The molecule has 1 fully saturated rings. The van der Waals surface area contributed by atoms with Crippen LogP contribution in [-0.2, 0) is 15.6 Å². The van der Waals surface area contributed by atoms with Crippen LogP contribution in [0.1, 0.15) is 27.2 Å². The molecule has 0 amide bonds.